The maximum atomic E-state index is 11.5. The number of halogens is 1. The summed E-state index contributed by atoms with van der Waals surface area (Å²) in [7, 11) is 0. The fraction of sp³-hybridized carbons (Fsp3) is 0.636. The summed E-state index contributed by atoms with van der Waals surface area (Å²) in [6.07, 6.45) is 2.40. The van der Waals surface area contributed by atoms with Crippen molar-refractivity contribution in [2.45, 2.75) is 39.0 Å². The van der Waals surface area contributed by atoms with E-state index in [4.69, 9.17) is 4.52 Å². The van der Waals surface area contributed by atoms with Crippen LogP contribution in [-0.4, -0.2) is 16.4 Å². The van der Waals surface area contributed by atoms with E-state index >= 15 is 0 Å². The highest BCUT2D eigenvalue weighted by molar-refractivity contribution is 9.09. The third-order valence-electron chi connectivity index (χ3n) is 2.17. The monoisotopic (exact) mass is 288 g/mol. The zero-order valence-electron chi connectivity index (χ0n) is 9.62. The minimum Gasteiger partial charge on any atom is -0.338 e. The molecule has 0 radical (unpaired) electrons. The molecule has 90 valence electrons. The molecule has 0 saturated carbocycles. The molecule has 0 unspecified atom stereocenters. The lowest BCUT2D eigenvalue weighted by Crippen LogP contribution is -2.10. The molecule has 5 heteroatoms. The Labute approximate surface area is 104 Å². The number of nitrogens with zero attached hydrogens (tertiary/aromatic N) is 1. The lowest BCUT2D eigenvalue weighted by molar-refractivity contribution is -0.116. The molecule has 0 fully saturated rings. The third-order valence-corrected chi connectivity index (χ3v) is 2.73. The molecule has 0 aliphatic heterocycles. The minimum absolute atomic E-state index is 0.0209. The van der Waals surface area contributed by atoms with Crippen molar-refractivity contribution in [3.63, 3.8) is 0 Å². The summed E-state index contributed by atoms with van der Waals surface area (Å²) in [5, 5.41) is 7.49. The normalized spacial score (nSPS) is 10.8. The van der Waals surface area contributed by atoms with E-state index in [1.54, 1.807) is 6.07 Å². The van der Waals surface area contributed by atoms with Crippen LogP contribution in [0.15, 0.2) is 10.6 Å². The van der Waals surface area contributed by atoms with Crippen LogP contribution in [0.4, 0.5) is 5.88 Å². The summed E-state index contributed by atoms with van der Waals surface area (Å²) in [5.74, 6) is 0.725. The predicted molar refractivity (Wildman–Crippen MR) is 66.9 cm³/mol. The summed E-state index contributed by atoms with van der Waals surface area (Å²) < 4.78 is 5.01. The molecule has 0 aliphatic rings. The highest BCUT2D eigenvalue weighted by Gasteiger charge is 2.09. The zero-order chi connectivity index (χ0) is 12.0. The standard InChI is InChI=1S/C11H17BrN2O2/c1-8(2)9-7-11(16-14-9)13-10(15)5-3-4-6-12/h7-8H,3-6H2,1-2H3,(H,13,15). The zero-order valence-corrected chi connectivity index (χ0v) is 11.2. The molecule has 0 bridgehead atoms. The van der Waals surface area contributed by atoms with Gasteiger partial charge in [0.1, 0.15) is 0 Å². The quantitative estimate of drug-likeness (QED) is 0.645. The number of carbonyl (C=O) groups is 1. The second-order valence-corrected chi connectivity index (χ2v) is 4.76. The topological polar surface area (TPSA) is 55.1 Å². The van der Waals surface area contributed by atoms with E-state index in [2.05, 4.69) is 26.4 Å². The SMILES string of the molecule is CC(C)c1cc(NC(=O)CCCCBr)on1. The fourth-order valence-electron chi connectivity index (χ4n) is 1.20. The first-order valence-corrected chi connectivity index (χ1v) is 6.58. The van der Waals surface area contributed by atoms with Gasteiger partial charge in [0.25, 0.3) is 0 Å². The van der Waals surface area contributed by atoms with Crippen LogP contribution in [-0.2, 0) is 4.79 Å². The first kappa shape index (κ1) is 13.2. The van der Waals surface area contributed by atoms with Gasteiger partial charge in [0, 0.05) is 17.8 Å². The third kappa shape index (κ3) is 4.35. The summed E-state index contributed by atoms with van der Waals surface area (Å²) in [4.78, 5) is 11.5. The number of amides is 1. The van der Waals surface area contributed by atoms with E-state index in [1.165, 1.54) is 0 Å². The van der Waals surface area contributed by atoms with Crippen LogP contribution >= 0.6 is 15.9 Å². The van der Waals surface area contributed by atoms with Crippen molar-refractivity contribution < 1.29 is 9.32 Å². The Morgan fingerprint density at radius 1 is 1.56 bits per heavy atom. The summed E-state index contributed by atoms with van der Waals surface area (Å²) >= 11 is 3.33. The number of unbranched alkanes of at least 4 members (excludes halogenated alkanes) is 1. The summed E-state index contributed by atoms with van der Waals surface area (Å²) in [6.45, 7) is 4.05. The number of hydrogen-bond donors (Lipinski definition) is 1. The van der Waals surface area contributed by atoms with Crippen LogP contribution in [0.5, 0.6) is 0 Å². The Morgan fingerprint density at radius 2 is 2.31 bits per heavy atom. The lowest BCUT2D eigenvalue weighted by Gasteiger charge is -1.99. The van der Waals surface area contributed by atoms with Gasteiger partial charge in [-0.25, -0.2) is 0 Å². The molecule has 16 heavy (non-hydrogen) atoms. The van der Waals surface area contributed by atoms with Gasteiger partial charge in [0.05, 0.1) is 5.69 Å². The van der Waals surface area contributed by atoms with Gasteiger partial charge in [0.2, 0.25) is 11.8 Å². The molecule has 1 N–H and O–H groups in total. The number of hydrogen-bond acceptors (Lipinski definition) is 3. The number of alkyl halides is 1. The van der Waals surface area contributed by atoms with Gasteiger partial charge in [0.15, 0.2) is 0 Å². The molecular weight excluding hydrogens is 272 g/mol. The Morgan fingerprint density at radius 3 is 2.88 bits per heavy atom. The molecule has 1 aromatic rings. The maximum Gasteiger partial charge on any atom is 0.231 e. The van der Waals surface area contributed by atoms with Gasteiger partial charge < -0.3 is 4.52 Å². The highest BCUT2D eigenvalue weighted by atomic mass is 79.9. The first-order valence-electron chi connectivity index (χ1n) is 5.46. The van der Waals surface area contributed by atoms with Crippen molar-refractivity contribution in [2.24, 2.45) is 0 Å². The lowest BCUT2D eigenvalue weighted by atomic mass is 10.1. The second-order valence-electron chi connectivity index (χ2n) is 3.96. The fourth-order valence-corrected chi connectivity index (χ4v) is 1.60. The van der Waals surface area contributed by atoms with Crippen molar-refractivity contribution in [2.75, 3.05) is 10.6 Å². The van der Waals surface area contributed by atoms with E-state index in [0.717, 1.165) is 23.9 Å². The molecule has 1 rings (SSSR count). The summed E-state index contributed by atoms with van der Waals surface area (Å²) in [6, 6.07) is 1.77. The smallest absolute Gasteiger partial charge is 0.231 e. The predicted octanol–water partition coefficient (Wildman–Crippen LogP) is 3.30. The van der Waals surface area contributed by atoms with Crippen LogP contribution in [0, 0.1) is 0 Å². The molecule has 1 amide bonds. The second kappa shape index (κ2) is 6.68. The van der Waals surface area contributed by atoms with E-state index in [0.29, 0.717) is 18.2 Å². The molecular formula is C11H17BrN2O2. The van der Waals surface area contributed by atoms with Crippen LogP contribution in [0.1, 0.15) is 44.7 Å². The molecule has 0 spiro atoms. The number of aromatic nitrogens is 1. The van der Waals surface area contributed by atoms with Gasteiger partial charge in [-0.15, -0.1) is 0 Å². The van der Waals surface area contributed by atoms with Gasteiger partial charge in [-0.2, -0.15) is 0 Å². The molecule has 1 heterocycles. The Bertz CT molecular complexity index is 336. The van der Waals surface area contributed by atoms with Crippen molar-refractivity contribution >= 4 is 27.7 Å². The van der Waals surface area contributed by atoms with Gasteiger partial charge in [-0.3, -0.25) is 10.1 Å². The molecule has 0 saturated heterocycles. The van der Waals surface area contributed by atoms with E-state index in [-0.39, 0.29) is 5.91 Å². The Kier molecular flexibility index (Phi) is 5.52. The highest BCUT2D eigenvalue weighted by Crippen LogP contribution is 2.17. The van der Waals surface area contributed by atoms with Crippen molar-refractivity contribution in [3.05, 3.63) is 11.8 Å². The first-order chi connectivity index (χ1) is 7.63. The van der Waals surface area contributed by atoms with Crippen LogP contribution in [0.2, 0.25) is 0 Å². The molecule has 1 aromatic heterocycles. The van der Waals surface area contributed by atoms with Gasteiger partial charge in [-0.05, 0) is 18.8 Å². The van der Waals surface area contributed by atoms with E-state index in [1.807, 2.05) is 13.8 Å². The number of rotatable bonds is 6. The van der Waals surface area contributed by atoms with Crippen LogP contribution in [0.25, 0.3) is 0 Å². The van der Waals surface area contributed by atoms with E-state index in [9.17, 15) is 4.79 Å². The number of anilines is 1. The largest absolute Gasteiger partial charge is 0.338 e. The minimum atomic E-state index is -0.0209. The molecule has 0 aromatic carbocycles. The summed E-state index contributed by atoms with van der Waals surface area (Å²) in [5.41, 5.74) is 0.857. The molecule has 0 aliphatic carbocycles. The average molecular weight is 289 g/mol. The Hall–Kier alpha value is -0.840. The molecule has 0 atom stereocenters. The van der Waals surface area contributed by atoms with Crippen LogP contribution in [0.3, 0.4) is 0 Å². The average Bonchev–Trinajstić information content (AvgIpc) is 2.66. The molecule has 4 nitrogen and oxygen atoms in total. The van der Waals surface area contributed by atoms with Gasteiger partial charge in [-0.1, -0.05) is 34.9 Å². The Balaban J connectivity index is 2.37. The van der Waals surface area contributed by atoms with Crippen molar-refractivity contribution in [3.8, 4) is 0 Å². The van der Waals surface area contributed by atoms with Crippen LogP contribution < -0.4 is 5.32 Å². The van der Waals surface area contributed by atoms with Crippen molar-refractivity contribution in [1.82, 2.24) is 5.16 Å². The van der Waals surface area contributed by atoms with Crippen molar-refractivity contribution in [1.29, 1.82) is 0 Å². The van der Waals surface area contributed by atoms with E-state index < -0.39 is 0 Å². The maximum absolute atomic E-state index is 11.5. The number of nitrogens with one attached hydrogen (secondary N) is 1. The van der Waals surface area contributed by atoms with Gasteiger partial charge >= 0.3 is 0 Å². The number of carbonyl (C=O) groups excluding carboxylic acids is 1.